The Morgan fingerprint density at radius 2 is 1.65 bits per heavy atom. The Morgan fingerprint density at radius 1 is 1.03 bits per heavy atom. The van der Waals surface area contributed by atoms with Gasteiger partial charge in [0.25, 0.3) is 0 Å². The molecular weight excluding hydrogens is 458 g/mol. The molecule has 0 heterocycles. The number of fused-ring (bicyclic) bond motifs is 3. The molecule has 0 aliphatic heterocycles. The van der Waals surface area contributed by atoms with Crippen LogP contribution in [0.2, 0.25) is 0 Å². The number of aryl methyl sites for hydroxylation is 1. The van der Waals surface area contributed by atoms with E-state index in [2.05, 4.69) is 45.5 Å². The summed E-state index contributed by atoms with van der Waals surface area (Å²) in [5.41, 5.74) is 6.06. The van der Waals surface area contributed by atoms with E-state index in [1.807, 2.05) is 43.3 Å². The molecule has 3 aromatic rings. The van der Waals surface area contributed by atoms with Crippen LogP contribution >= 0.6 is 15.9 Å². The topological polar surface area (TPSA) is 78.8 Å². The highest BCUT2D eigenvalue weighted by atomic mass is 79.9. The molecule has 1 amide bonds. The van der Waals surface area contributed by atoms with E-state index >= 15 is 0 Å². The minimum Gasteiger partial charge on any atom is -0.449 e. The van der Waals surface area contributed by atoms with Gasteiger partial charge in [-0.3, -0.25) is 0 Å². The van der Waals surface area contributed by atoms with Crippen LogP contribution in [0.25, 0.3) is 11.1 Å². The van der Waals surface area contributed by atoms with Crippen molar-refractivity contribution in [3.63, 3.8) is 0 Å². The number of aliphatic hydroxyl groups excluding tert-OH is 2. The first-order chi connectivity index (χ1) is 15.0. The van der Waals surface area contributed by atoms with Crippen molar-refractivity contribution in [2.24, 2.45) is 0 Å². The Balaban J connectivity index is 1.35. The smallest absolute Gasteiger partial charge is 0.407 e. The molecule has 4 rings (SSSR count). The predicted molar refractivity (Wildman–Crippen MR) is 123 cm³/mol. The monoisotopic (exact) mass is 481 g/mol. The minimum absolute atomic E-state index is 0.0296. The number of aliphatic hydroxyl groups is 2. The summed E-state index contributed by atoms with van der Waals surface area (Å²) in [7, 11) is 0. The first-order valence-corrected chi connectivity index (χ1v) is 11.0. The molecule has 31 heavy (non-hydrogen) atoms. The molecule has 0 fully saturated rings. The molecule has 0 radical (unpaired) electrons. The molecule has 0 aromatic heterocycles. The van der Waals surface area contributed by atoms with Crippen molar-refractivity contribution < 1.29 is 19.7 Å². The number of carbonyl (C=O) groups is 1. The summed E-state index contributed by atoms with van der Waals surface area (Å²) in [4.78, 5) is 12.3. The van der Waals surface area contributed by atoms with Crippen LogP contribution in [0.4, 0.5) is 4.79 Å². The standard InChI is InChI=1S/C25H24BrNO4/c1-15-10-11-16(26)12-21(15)24(29)23(28)13-27-25(30)31-14-22-19-8-4-2-6-17(19)18-7-3-5-9-20(18)22/h2-12,22-24,28-29H,13-14H2,1H3,(H,27,30). The van der Waals surface area contributed by atoms with Gasteiger partial charge >= 0.3 is 6.09 Å². The normalized spacial score (nSPS) is 14.5. The third-order valence-corrected chi connectivity index (χ3v) is 6.22. The van der Waals surface area contributed by atoms with Crippen LogP contribution in [0.15, 0.2) is 71.2 Å². The molecule has 3 aromatic carbocycles. The molecule has 5 nitrogen and oxygen atoms in total. The summed E-state index contributed by atoms with van der Waals surface area (Å²) < 4.78 is 6.28. The average Bonchev–Trinajstić information content (AvgIpc) is 3.11. The van der Waals surface area contributed by atoms with Crippen molar-refractivity contribution in [3.05, 3.63) is 93.5 Å². The summed E-state index contributed by atoms with van der Waals surface area (Å²) in [6, 6.07) is 21.7. The fraction of sp³-hybridized carbons (Fsp3) is 0.240. The molecule has 2 unspecified atom stereocenters. The second-order valence-electron chi connectivity index (χ2n) is 7.72. The van der Waals surface area contributed by atoms with Crippen molar-refractivity contribution in [2.75, 3.05) is 13.2 Å². The quantitative estimate of drug-likeness (QED) is 0.477. The van der Waals surface area contributed by atoms with Gasteiger partial charge in [-0.25, -0.2) is 4.79 Å². The number of hydrogen-bond acceptors (Lipinski definition) is 4. The average molecular weight is 482 g/mol. The number of carbonyl (C=O) groups excluding carboxylic acids is 1. The third-order valence-electron chi connectivity index (χ3n) is 5.72. The fourth-order valence-corrected chi connectivity index (χ4v) is 4.47. The first-order valence-electron chi connectivity index (χ1n) is 10.2. The maximum absolute atomic E-state index is 12.3. The molecule has 0 bridgehead atoms. The third kappa shape index (κ3) is 4.51. The van der Waals surface area contributed by atoms with E-state index in [4.69, 9.17) is 4.74 Å². The number of halogens is 1. The molecular formula is C25H24BrNO4. The summed E-state index contributed by atoms with van der Waals surface area (Å²) >= 11 is 3.37. The van der Waals surface area contributed by atoms with Gasteiger partial charge in [-0.15, -0.1) is 0 Å². The largest absolute Gasteiger partial charge is 0.449 e. The Hall–Kier alpha value is -2.67. The van der Waals surface area contributed by atoms with Gasteiger partial charge in [0.15, 0.2) is 0 Å². The van der Waals surface area contributed by atoms with E-state index in [1.54, 1.807) is 6.07 Å². The van der Waals surface area contributed by atoms with Gasteiger partial charge in [0, 0.05) is 16.9 Å². The lowest BCUT2D eigenvalue weighted by Gasteiger charge is -2.21. The molecule has 1 aliphatic rings. The number of hydrogen-bond donors (Lipinski definition) is 3. The molecule has 1 aliphatic carbocycles. The second kappa shape index (κ2) is 9.22. The Morgan fingerprint density at radius 3 is 2.29 bits per heavy atom. The zero-order valence-corrected chi connectivity index (χ0v) is 18.7. The van der Waals surface area contributed by atoms with Crippen LogP contribution in [0.1, 0.15) is 34.3 Å². The van der Waals surface area contributed by atoms with Crippen LogP contribution in [0, 0.1) is 6.92 Å². The van der Waals surface area contributed by atoms with Crippen LogP contribution in [-0.2, 0) is 4.74 Å². The Bertz CT molecular complexity index is 1050. The number of benzene rings is 3. The van der Waals surface area contributed by atoms with Gasteiger partial charge in [-0.05, 0) is 52.4 Å². The molecule has 0 saturated carbocycles. The van der Waals surface area contributed by atoms with Crippen molar-refractivity contribution in [2.45, 2.75) is 25.0 Å². The van der Waals surface area contributed by atoms with Crippen molar-refractivity contribution in [1.29, 1.82) is 0 Å². The highest BCUT2D eigenvalue weighted by Crippen LogP contribution is 2.44. The predicted octanol–water partition coefficient (Wildman–Crippen LogP) is 4.69. The van der Waals surface area contributed by atoms with Gasteiger partial charge in [-0.2, -0.15) is 0 Å². The first kappa shape index (κ1) is 21.6. The van der Waals surface area contributed by atoms with Crippen LogP contribution in [-0.4, -0.2) is 35.6 Å². The van der Waals surface area contributed by atoms with Gasteiger partial charge in [-0.1, -0.05) is 70.5 Å². The zero-order chi connectivity index (χ0) is 22.0. The van der Waals surface area contributed by atoms with Crippen LogP contribution in [0.3, 0.4) is 0 Å². The minimum atomic E-state index is -1.16. The van der Waals surface area contributed by atoms with E-state index in [0.717, 1.165) is 32.3 Å². The van der Waals surface area contributed by atoms with Crippen molar-refractivity contribution >= 4 is 22.0 Å². The highest BCUT2D eigenvalue weighted by molar-refractivity contribution is 9.10. The number of rotatable bonds is 6. The van der Waals surface area contributed by atoms with E-state index < -0.39 is 18.3 Å². The van der Waals surface area contributed by atoms with Gasteiger partial charge < -0.3 is 20.3 Å². The van der Waals surface area contributed by atoms with Gasteiger partial charge in [0.2, 0.25) is 0 Å². The molecule has 0 saturated heterocycles. The van der Waals surface area contributed by atoms with E-state index in [1.165, 1.54) is 0 Å². The molecule has 160 valence electrons. The maximum atomic E-state index is 12.3. The summed E-state index contributed by atoms with van der Waals surface area (Å²) in [5.74, 6) is -0.0296. The van der Waals surface area contributed by atoms with Gasteiger partial charge in [0.1, 0.15) is 18.8 Å². The Kier molecular flexibility index (Phi) is 6.41. The summed E-state index contributed by atoms with van der Waals surface area (Å²) in [6.45, 7) is 1.93. The fourth-order valence-electron chi connectivity index (χ4n) is 4.09. The van der Waals surface area contributed by atoms with E-state index in [-0.39, 0.29) is 19.1 Å². The number of ether oxygens (including phenoxy) is 1. The summed E-state index contributed by atoms with van der Waals surface area (Å²) in [6.07, 6.45) is -2.90. The van der Waals surface area contributed by atoms with E-state index in [9.17, 15) is 15.0 Å². The maximum Gasteiger partial charge on any atom is 0.407 e. The van der Waals surface area contributed by atoms with E-state index in [0.29, 0.717) is 5.56 Å². The van der Waals surface area contributed by atoms with Crippen LogP contribution in [0.5, 0.6) is 0 Å². The zero-order valence-electron chi connectivity index (χ0n) is 17.1. The molecule has 3 N–H and O–H groups in total. The lowest BCUT2D eigenvalue weighted by molar-refractivity contribution is 0.0181. The Labute approximate surface area is 189 Å². The van der Waals surface area contributed by atoms with Crippen molar-refractivity contribution in [3.8, 4) is 11.1 Å². The molecule has 2 atom stereocenters. The van der Waals surface area contributed by atoms with Crippen molar-refractivity contribution in [1.82, 2.24) is 5.32 Å². The lowest BCUT2D eigenvalue weighted by atomic mass is 9.98. The second-order valence-corrected chi connectivity index (χ2v) is 8.64. The van der Waals surface area contributed by atoms with Crippen LogP contribution < -0.4 is 5.32 Å². The lowest BCUT2D eigenvalue weighted by Crippen LogP contribution is -2.36. The number of nitrogens with one attached hydrogen (secondary N) is 1. The SMILES string of the molecule is Cc1ccc(Br)cc1C(O)C(O)CNC(=O)OCC1c2ccccc2-c2ccccc21. The number of alkyl carbamates (subject to hydrolysis) is 1. The summed E-state index contributed by atoms with van der Waals surface area (Å²) in [5, 5.41) is 23.4. The molecule has 6 heteroatoms. The highest BCUT2D eigenvalue weighted by Gasteiger charge is 2.29. The molecule has 0 spiro atoms. The number of amides is 1. The van der Waals surface area contributed by atoms with Gasteiger partial charge in [0.05, 0.1) is 0 Å².